The van der Waals surface area contributed by atoms with Crippen molar-refractivity contribution >= 4 is 18.6 Å². The molecule has 7 heteroatoms. The molecule has 0 unspecified atom stereocenters. The van der Waals surface area contributed by atoms with E-state index in [0.29, 0.717) is 5.39 Å². The standard InChI is InChI=1S/C10H9O4P.2Rb/c11-15(12,13)14-10-7-3-5-8-4-1-2-6-9(8)10;;/h1-7H,(H2,11,12,13);;/q;2*+1/p-2. The van der Waals surface area contributed by atoms with Crippen molar-refractivity contribution in [2.24, 2.45) is 0 Å². The first-order valence-corrected chi connectivity index (χ1v) is 5.72. The average Bonchev–Trinajstić information content (AvgIpc) is 2.16. The van der Waals surface area contributed by atoms with Gasteiger partial charge in [-0.1, -0.05) is 36.4 Å². The second-order valence-electron chi connectivity index (χ2n) is 3.02. The quantitative estimate of drug-likeness (QED) is 0.480. The van der Waals surface area contributed by atoms with Crippen LogP contribution in [-0.2, 0) is 4.57 Å². The number of rotatable bonds is 2. The summed E-state index contributed by atoms with van der Waals surface area (Å²) in [5, 5.41) is 1.43. The molecule has 0 aromatic heterocycles. The minimum absolute atomic E-state index is 0. The largest absolute Gasteiger partial charge is 1.00 e. The van der Waals surface area contributed by atoms with E-state index < -0.39 is 7.82 Å². The summed E-state index contributed by atoms with van der Waals surface area (Å²) in [6, 6.07) is 12.0. The summed E-state index contributed by atoms with van der Waals surface area (Å²) in [6.45, 7) is 0. The van der Waals surface area contributed by atoms with Crippen molar-refractivity contribution in [1.82, 2.24) is 0 Å². The molecule has 0 aliphatic carbocycles. The normalized spacial score (nSPS) is 10.2. The summed E-state index contributed by atoms with van der Waals surface area (Å²) in [5.74, 6) is 0.0708. The number of hydrogen-bond acceptors (Lipinski definition) is 4. The number of fused-ring (bicyclic) bond motifs is 1. The number of phosphoric acid groups is 1. The van der Waals surface area contributed by atoms with Gasteiger partial charge in [-0.3, -0.25) is 0 Å². The molecule has 17 heavy (non-hydrogen) atoms. The molecule has 78 valence electrons. The summed E-state index contributed by atoms with van der Waals surface area (Å²) >= 11 is 0. The maximum Gasteiger partial charge on any atom is 1.00 e. The fourth-order valence-corrected chi connectivity index (χ4v) is 1.80. The topological polar surface area (TPSA) is 72.4 Å². The third-order valence-electron chi connectivity index (χ3n) is 1.96. The Kier molecular flexibility index (Phi) is 9.66. The van der Waals surface area contributed by atoms with E-state index in [0.717, 1.165) is 5.39 Å². The minimum atomic E-state index is -4.99. The molecule has 2 rings (SSSR count). The molecule has 2 aromatic rings. The van der Waals surface area contributed by atoms with E-state index in [4.69, 9.17) is 0 Å². The van der Waals surface area contributed by atoms with Crippen LogP contribution in [0.1, 0.15) is 0 Å². The van der Waals surface area contributed by atoms with Gasteiger partial charge in [0.25, 0.3) is 0 Å². The monoisotopic (exact) mass is 392 g/mol. The Morgan fingerprint density at radius 3 is 2.18 bits per heavy atom. The van der Waals surface area contributed by atoms with Crippen LogP contribution in [0.25, 0.3) is 10.8 Å². The van der Waals surface area contributed by atoms with E-state index >= 15 is 0 Å². The van der Waals surface area contributed by atoms with Gasteiger partial charge in [0.15, 0.2) is 0 Å². The van der Waals surface area contributed by atoms with E-state index in [1.807, 2.05) is 18.2 Å². The van der Waals surface area contributed by atoms with E-state index in [1.165, 1.54) is 6.07 Å². The molecular weight excluding hydrogens is 386 g/mol. The number of phosphoric ester groups is 1. The third kappa shape index (κ3) is 6.05. The molecule has 2 aromatic carbocycles. The molecule has 0 amide bonds. The van der Waals surface area contributed by atoms with E-state index in [1.54, 1.807) is 18.2 Å². The van der Waals surface area contributed by atoms with Crippen LogP contribution in [0.5, 0.6) is 5.75 Å². The molecule has 0 radical (unpaired) electrons. The van der Waals surface area contributed by atoms with Gasteiger partial charge in [0, 0.05) is 5.39 Å². The summed E-state index contributed by atoms with van der Waals surface area (Å²) < 4.78 is 14.9. The zero-order chi connectivity index (χ0) is 10.9. The van der Waals surface area contributed by atoms with Gasteiger partial charge in [0.1, 0.15) is 13.6 Å². The van der Waals surface area contributed by atoms with Gasteiger partial charge in [-0.25, -0.2) is 0 Å². The van der Waals surface area contributed by atoms with Gasteiger partial charge in [-0.15, -0.1) is 0 Å². The van der Waals surface area contributed by atoms with Crippen LogP contribution >= 0.6 is 7.82 Å². The maximum atomic E-state index is 10.5. The van der Waals surface area contributed by atoms with Crippen LogP contribution in [0, 0.1) is 0 Å². The molecule has 0 saturated heterocycles. The van der Waals surface area contributed by atoms with Gasteiger partial charge in [0.2, 0.25) is 0 Å². The first-order valence-electron chi connectivity index (χ1n) is 4.26. The van der Waals surface area contributed by atoms with Gasteiger partial charge in [0.05, 0.1) is 0 Å². The van der Waals surface area contributed by atoms with Crippen molar-refractivity contribution in [2.45, 2.75) is 0 Å². The van der Waals surface area contributed by atoms with Crippen molar-refractivity contribution < 1.29 is 135 Å². The smallest absolute Gasteiger partial charge is 0.780 e. The van der Waals surface area contributed by atoms with Crippen LogP contribution in [0.2, 0.25) is 0 Å². The molecule has 0 heterocycles. The fraction of sp³-hybridized carbons (Fsp3) is 0. The molecular formula is C10H7O4PRb2. The average molecular weight is 393 g/mol. The van der Waals surface area contributed by atoms with Crippen LogP contribution in [0.4, 0.5) is 0 Å². The predicted octanol–water partition coefficient (Wildman–Crippen LogP) is -4.94. The van der Waals surface area contributed by atoms with Gasteiger partial charge in [-0.2, -0.15) is 0 Å². The Balaban J connectivity index is 0.00000128. The Labute approximate surface area is 197 Å². The van der Waals surface area contributed by atoms with E-state index in [9.17, 15) is 14.4 Å². The molecule has 0 saturated carbocycles. The molecule has 0 fully saturated rings. The molecule has 0 N–H and O–H groups in total. The van der Waals surface area contributed by atoms with Crippen molar-refractivity contribution in [3.8, 4) is 5.75 Å². The van der Waals surface area contributed by atoms with Crippen LogP contribution < -0.4 is 131 Å². The maximum absolute atomic E-state index is 10.5. The Bertz CT molecular complexity index is 535. The second-order valence-corrected chi connectivity index (χ2v) is 4.09. The van der Waals surface area contributed by atoms with Gasteiger partial charge in [-0.05, 0) is 11.5 Å². The Morgan fingerprint density at radius 2 is 1.53 bits per heavy atom. The summed E-state index contributed by atoms with van der Waals surface area (Å²) in [6.07, 6.45) is 0. The fourth-order valence-electron chi connectivity index (χ4n) is 1.40. The third-order valence-corrected chi connectivity index (χ3v) is 2.38. The molecule has 4 nitrogen and oxygen atoms in total. The molecule has 0 bridgehead atoms. The summed E-state index contributed by atoms with van der Waals surface area (Å²) in [7, 11) is -4.99. The molecule has 0 aliphatic rings. The number of hydrogen-bond donors (Lipinski definition) is 0. The van der Waals surface area contributed by atoms with Crippen LogP contribution in [-0.4, -0.2) is 0 Å². The van der Waals surface area contributed by atoms with Crippen LogP contribution in [0.3, 0.4) is 0 Å². The Hall–Kier alpha value is 2.26. The minimum Gasteiger partial charge on any atom is -0.780 e. The summed E-state index contributed by atoms with van der Waals surface area (Å²) in [4.78, 5) is 21.0. The van der Waals surface area contributed by atoms with Crippen molar-refractivity contribution in [2.75, 3.05) is 0 Å². The second kappa shape index (κ2) is 8.53. The number of benzene rings is 2. The van der Waals surface area contributed by atoms with Crippen molar-refractivity contribution in [3.63, 3.8) is 0 Å². The van der Waals surface area contributed by atoms with Crippen LogP contribution in [0.15, 0.2) is 42.5 Å². The van der Waals surface area contributed by atoms with Gasteiger partial charge < -0.3 is 18.9 Å². The Morgan fingerprint density at radius 1 is 0.941 bits per heavy atom. The molecule has 0 aliphatic heterocycles. The summed E-state index contributed by atoms with van der Waals surface area (Å²) in [5.41, 5.74) is 0. The first-order chi connectivity index (χ1) is 7.06. The van der Waals surface area contributed by atoms with Crippen molar-refractivity contribution in [3.05, 3.63) is 42.5 Å². The molecule has 0 atom stereocenters. The van der Waals surface area contributed by atoms with Crippen molar-refractivity contribution in [1.29, 1.82) is 0 Å². The zero-order valence-electron chi connectivity index (χ0n) is 9.62. The first kappa shape index (κ1) is 19.3. The SMILES string of the molecule is O=P([O-])([O-])Oc1cccc2ccccc12.[Rb+].[Rb+]. The molecule has 0 spiro atoms. The predicted molar refractivity (Wildman–Crippen MR) is 52.2 cm³/mol. The van der Waals surface area contributed by atoms with E-state index in [-0.39, 0.29) is 122 Å². The zero-order valence-corrected chi connectivity index (χ0v) is 20.3. The van der Waals surface area contributed by atoms with E-state index in [2.05, 4.69) is 4.52 Å². The van der Waals surface area contributed by atoms with Gasteiger partial charge >= 0.3 is 116 Å².